The van der Waals surface area contributed by atoms with Crippen LogP contribution in [0.2, 0.25) is 0 Å². The predicted octanol–water partition coefficient (Wildman–Crippen LogP) is 13.8. The second-order valence-corrected chi connectivity index (χ2v) is 14.5. The first kappa shape index (κ1) is 30.1. The Kier molecular flexibility index (Phi) is 6.34. The van der Waals surface area contributed by atoms with Crippen molar-refractivity contribution in [2.45, 2.75) is 0 Å². The van der Waals surface area contributed by atoms with Crippen LogP contribution >= 0.6 is 0 Å². The van der Waals surface area contributed by atoms with Crippen LogP contribution in [0.1, 0.15) is 0 Å². The minimum atomic E-state index is 1.14. The van der Waals surface area contributed by atoms with E-state index in [0.717, 1.165) is 17.1 Å². The number of rotatable bonds is 4. The van der Waals surface area contributed by atoms with E-state index < -0.39 is 0 Å². The van der Waals surface area contributed by atoms with Crippen LogP contribution in [-0.4, -0.2) is 13.7 Å². The standard InChI is InChI=1S/C52H33N3/c1-5-15-34(16-6-1)36-26-29-44-43(33-36)41-27-31-46-49(51(41)54(44)38-20-9-3-10-21-38)50-47(53(46)37-18-7-2-8-19-37)32-28-42-48-40-24-14-13-17-35(40)25-30-45(48)55(52(42)50)39-22-11-4-12-23-39/h1-33H. The summed E-state index contributed by atoms with van der Waals surface area (Å²) in [5.41, 5.74) is 13.1. The SMILES string of the molecule is c1ccc(-c2ccc3c(c2)c2ccc4c(c5c(ccc6c7c8ccccc8ccc7n(-c7ccccc7)c65)n4-c4ccccc4)c2n3-c2ccccc2)cc1. The highest BCUT2D eigenvalue weighted by molar-refractivity contribution is 6.35. The number of benzene rings is 9. The summed E-state index contributed by atoms with van der Waals surface area (Å²) in [7, 11) is 0. The van der Waals surface area contributed by atoms with Crippen molar-refractivity contribution < 1.29 is 0 Å². The van der Waals surface area contributed by atoms with E-state index in [2.05, 4.69) is 214 Å². The molecule has 0 saturated carbocycles. The lowest BCUT2D eigenvalue weighted by Gasteiger charge is -2.11. The van der Waals surface area contributed by atoms with Crippen LogP contribution in [0.25, 0.3) is 104 Å². The summed E-state index contributed by atoms with van der Waals surface area (Å²) in [5.74, 6) is 0. The third kappa shape index (κ3) is 4.26. The molecule has 0 saturated heterocycles. The van der Waals surface area contributed by atoms with Gasteiger partial charge in [0.2, 0.25) is 0 Å². The largest absolute Gasteiger partial charge is 0.309 e. The van der Waals surface area contributed by atoms with Crippen molar-refractivity contribution >= 4 is 76.2 Å². The van der Waals surface area contributed by atoms with E-state index >= 15 is 0 Å². The summed E-state index contributed by atoms with van der Waals surface area (Å²) in [6.07, 6.45) is 0. The second-order valence-electron chi connectivity index (χ2n) is 14.5. The molecule has 0 aliphatic rings. The van der Waals surface area contributed by atoms with Gasteiger partial charge in [0.1, 0.15) is 0 Å². The van der Waals surface area contributed by atoms with Crippen molar-refractivity contribution in [3.05, 3.63) is 200 Å². The number of aromatic nitrogens is 3. The Bertz CT molecular complexity index is 3440. The molecule has 0 radical (unpaired) electrons. The minimum absolute atomic E-state index is 1.14. The lowest BCUT2D eigenvalue weighted by atomic mass is 10.0. The van der Waals surface area contributed by atoms with E-state index in [0.29, 0.717) is 0 Å². The highest BCUT2D eigenvalue weighted by Crippen LogP contribution is 2.47. The van der Waals surface area contributed by atoms with Crippen molar-refractivity contribution in [3.63, 3.8) is 0 Å². The number of hydrogen-bond acceptors (Lipinski definition) is 0. The highest BCUT2D eigenvalue weighted by atomic mass is 15.0. The monoisotopic (exact) mass is 699 g/mol. The maximum Gasteiger partial charge on any atom is 0.0642 e. The molecule has 12 aromatic rings. The van der Waals surface area contributed by atoms with Crippen LogP contribution < -0.4 is 0 Å². The molecule has 0 bridgehead atoms. The molecule has 9 aromatic carbocycles. The summed E-state index contributed by atoms with van der Waals surface area (Å²) >= 11 is 0. The zero-order valence-electron chi connectivity index (χ0n) is 29.9. The van der Waals surface area contributed by atoms with Gasteiger partial charge in [-0.25, -0.2) is 0 Å². The second kappa shape index (κ2) is 11.6. The van der Waals surface area contributed by atoms with Gasteiger partial charge in [0.25, 0.3) is 0 Å². The van der Waals surface area contributed by atoms with Crippen molar-refractivity contribution in [2.24, 2.45) is 0 Å². The van der Waals surface area contributed by atoms with Gasteiger partial charge >= 0.3 is 0 Å². The van der Waals surface area contributed by atoms with Gasteiger partial charge in [-0.3, -0.25) is 0 Å². The fourth-order valence-electron chi connectivity index (χ4n) is 9.31. The third-order valence-electron chi connectivity index (χ3n) is 11.6. The molecule has 0 aliphatic carbocycles. The average molecular weight is 700 g/mol. The van der Waals surface area contributed by atoms with Gasteiger partial charge in [-0.15, -0.1) is 0 Å². The van der Waals surface area contributed by atoms with Crippen LogP contribution in [0.4, 0.5) is 0 Å². The van der Waals surface area contributed by atoms with E-state index in [4.69, 9.17) is 0 Å². The number of hydrogen-bond donors (Lipinski definition) is 0. The van der Waals surface area contributed by atoms with Crippen molar-refractivity contribution in [2.75, 3.05) is 0 Å². The fraction of sp³-hybridized carbons (Fsp3) is 0. The minimum Gasteiger partial charge on any atom is -0.309 e. The van der Waals surface area contributed by atoms with Crippen LogP contribution in [0.5, 0.6) is 0 Å². The molecule has 0 atom stereocenters. The first-order valence-electron chi connectivity index (χ1n) is 19.0. The zero-order chi connectivity index (χ0) is 36.0. The molecule has 0 unspecified atom stereocenters. The van der Waals surface area contributed by atoms with Crippen LogP contribution in [0.3, 0.4) is 0 Å². The van der Waals surface area contributed by atoms with Crippen LogP contribution in [0, 0.1) is 0 Å². The Balaban J connectivity index is 1.37. The fourth-order valence-corrected chi connectivity index (χ4v) is 9.31. The molecule has 3 heteroatoms. The van der Waals surface area contributed by atoms with Gasteiger partial charge in [-0.1, -0.05) is 133 Å². The van der Waals surface area contributed by atoms with E-state index in [1.54, 1.807) is 0 Å². The summed E-state index contributed by atoms with van der Waals surface area (Å²) < 4.78 is 7.48. The molecular weight excluding hydrogens is 667 g/mol. The Hall–Kier alpha value is -7.36. The van der Waals surface area contributed by atoms with Gasteiger partial charge in [-0.2, -0.15) is 0 Å². The molecule has 256 valence electrons. The molecule has 0 fully saturated rings. The molecule has 3 aromatic heterocycles. The van der Waals surface area contributed by atoms with E-state index in [-0.39, 0.29) is 0 Å². The molecule has 3 heterocycles. The zero-order valence-corrected chi connectivity index (χ0v) is 29.9. The van der Waals surface area contributed by atoms with Gasteiger partial charge in [-0.05, 0) is 88.6 Å². The predicted molar refractivity (Wildman–Crippen MR) is 232 cm³/mol. The van der Waals surface area contributed by atoms with Gasteiger partial charge < -0.3 is 13.7 Å². The molecule has 3 nitrogen and oxygen atoms in total. The first-order valence-corrected chi connectivity index (χ1v) is 19.0. The smallest absolute Gasteiger partial charge is 0.0642 e. The summed E-state index contributed by atoms with van der Waals surface area (Å²) in [6.45, 7) is 0. The van der Waals surface area contributed by atoms with Crippen LogP contribution in [-0.2, 0) is 0 Å². The number of fused-ring (bicyclic) bond motifs is 13. The Morgan fingerprint density at radius 1 is 0.255 bits per heavy atom. The molecule has 0 spiro atoms. The van der Waals surface area contributed by atoms with E-state index in [1.165, 1.54) is 87.3 Å². The Morgan fingerprint density at radius 3 is 1.38 bits per heavy atom. The summed E-state index contributed by atoms with van der Waals surface area (Å²) in [5, 5.41) is 10.0. The molecule has 12 rings (SSSR count). The molecule has 0 amide bonds. The van der Waals surface area contributed by atoms with Crippen molar-refractivity contribution in [1.29, 1.82) is 0 Å². The topological polar surface area (TPSA) is 14.8 Å². The molecular formula is C52H33N3. The quantitative estimate of drug-likeness (QED) is 0.174. The number of para-hydroxylation sites is 3. The summed E-state index contributed by atoms with van der Waals surface area (Å²) in [4.78, 5) is 0. The lowest BCUT2D eigenvalue weighted by molar-refractivity contribution is 1.17. The maximum atomic E-state index is 2.51. The van der Waals surface area contributed by atoms with Gasteiger partial charge in [0.15, 0.2) is 0 Å². The lowest BCUT2D eigenvalue weighted by Crippen LogP contribution is -1.95. The number of nitrogens with zero attached hydrogens (tertiary/aromatic N) is 3. The van der Waals surface area contributed by atoms with E-state index in [9.17, 15) is 0 Å². The Labute approximate surface area is 317 Å². The highest BCUT2D eigenvalue weighted by Gasteiger charge is 2.26. The first-order chi connectivity index (χ1) is 27.3. The van der Waals surface area contributed by atoms with Gasteiger partial charge in [0.05, 0.1) is 33.1 Å². The molecule has 0 N–H and O–H groups in total. The van der Waals surface area contributed by atoms with Gasteiger partial charge in [0, 0.05) is 49.4 Å². The van der Waals surface area contributed by atoms with Crippen molar-refractivity contribution in [1.82, 2.24) is 13.7 Å². The third-order valence-corrected chi connectivity index (χ3v) is 11.6. The van der Waals surface area contributed by atoms with Crippen LogP contribution in [0.15, 0.2) is 200 Å². The normalized spacial score (nSPS) is 12.0. The van der Waals surface area contributed by atoms with E-state index in [1.807, 2.05) is 0 Å². The molecule has 0 aliphatic heterocycles. The summed E-state index contributed by atoms with van der Waals surface area (Å²) in [6, 6.07) is 73.1. The molecule has 55 heavy (non-hydrogen) atoms. The Morgan fingerprint density at radius 2 is 0.727 bits per heavy atom. The van der Waals surface area contributed by atoms with Crippen molar-refractivity contribution in [3.8, 4) is 28.2 Å². The maximum absolute atomic E-state index is 2.51. The average Bonchev–Trinajstić information content (AvgIpc) is 3.90.